The average Bonchev–Trinajstić information content (AvgIpc) is 2.36. The molecule has 5 heteroatoms. The second-order valence-corrected chi connectivity index (χ2v) is 6.29. The number of benzene rings is 1. The van der Waals surface area contributed by atoms with Gasteiger partial charge in [-0.25, -0.2) is 0 Å². The van der Waals surface area contributed by atoms with Crippen molar-refractivity contribution in [3.05, 3.63) is 38.9 Å². The molecule has 1 aliphatic carbocycles. The van der Waals surface area contributed by atoms with Crippen LogP contribution in [0.2, 0.25) is 5.02 Å². The summed E-state index contributed by atoms with van der Waals surface area (Å²) in [5.74, 6) is 1.34. The Morgan fingerprint density at radius 1 is 1.30 bits per heavy atom. The number of ether oxygens (including phenoxy) is 1. The van der Waals surface area contributed by atoms with Crippen molar-refractivity contribution in [2.24, 2.45) is 11.8 Å². The van der Waals surface area contributed by atoms with Crippen molar-refractivity contribution < 1.29 is 9.66 Å². The van der Waals surface area contributed by atoms with Crippen LogP contribution in [0.5, 0.6) is 0 Å². The first-order valence-electron chi connectivity index (χ1n) is 7.00. The van der Waals surface area contributed by atoms with Gasteiger partial charge in [-0.3, -0.25) is 10.1 Å². The van der Waals surface area contributed by atoms with E-state index in [1.807, 2.05) is 0 Å². The maximum atomic E-state index is 10.8. The van der Waals surface area contributed by atoms with Gasteiger partial charge in [0.15, 0.2) is 0 Å². The molecule has 4 nitrogen and oxygen atoms in total. The van der Waals surface area contributed by atoms with Crippen molar-refractivity contribution >= 4 is 17.3 Å². The van der Waals surface area contributed by atoms with Gasteiger partial charge in [-0.2, -0.15) is 0 Å². The molecule has 2 rings (SSSR count). The molecule has 0 amide bonds. The van der Waals surface area contributed by atoms with Crippen LogP contribution in [0, 0.1) is 22.0 Å². The van der Waals surface area contributed by atoms with E-state index < -0.39 is 4.92 Å². The Labute approximate surface area is 124 Å². The van der Waals surface area contributed by atoms with Crippen LogP contribution in [0.25, 0.3) is 0 Å². The minimum Gasteiger partial charge on any atom is -0.373 e. The predicted octanol–water partition coefficient (Wildman–Crippen LogP) is 4.59. The third-order valence-electron chi connectivity index (χ3n) is 3.85. The average molecular weight is 298 g/mol. The van der Waals surface area contributed by atoms with Gasteiger partial charge in [0.25, 0.3) is 5.69 Å². The molecule has 0 heterocycles. The monoisotopic (exact) mass is 297 g/mol. The number of nitro groups is 1. The molecule has 0 spiro atoms. The first-order valence-corrected chi connectivity index (χ1v) is 7.38. The zero-order chi connectivity index (χ0) is 14.7. The molecule has 0 saturated heterocycles. The standard InChI is InChI=1S/C15H20ClNO3/c1-10-5-11(2)7-14(6-10)20-9-12-8-13(17(18)19)3-4-15(12)16/h3-4,8,10-11,14H,5-7,9H2,1-2H3. The Morgan fingerprint density at radius 3 is 2.55 bits per heavy atom. The molecule has 0 N–H and O–H groups in total. The molecule has 0 aliphatic heterocycles. The van der Waals surface area contributed by atoms with E-state index in [1.54, 1.807) is 6.07 Å². The fourth-order valence-electron chi connectivity index (χ4n) is 3.00. The van der Waals surface area contributed by atoms with Gasteiger partial charge in [0, 0.05) is 22.7 Å². The number of nitro benzene ring substituents is 1. The second-order valence-electron chi connectivity index (χ2n) is 5.88. The van der Waals surface area contributed by atoms with Crippen molar-refractivity contribution in [2.45, 2.75) is 45.8 Å². The zero-order valence-corrected chi connectivity index (χ0v) is 12.6. The van der Waals surface area contributed by atoms with Crippen molar-refractivity contribution in [1.29, 1.82) is 0 Å². The van der Waals surface area contributed by atoms with Gasteiger partial charge in [0.1, 0.15) is 0 Å². The van der Waals surface area contributed by atoms with E-state index in [1.165, 1.54) is 18.6 Å². The fourth-order valence-corrected chi connectivity index (χ4v) is 3.17. The molecule has 1 aromatic rings. The highest BCUT2D eigenvalue weighted by Crippen LogP contribution is 2.31. The number of hydrogen-bond donors (Lipinski definition) is 0. The van der Waals surface area contributed by atoms with E-state index in [4.69, 9.17) is 16.3 Å². The molecule has 20 heavy (non-hydrogen) atoms. The number of nitrogens with zero attached hydrogens (tertiary/aromatic N) is 1. The quantitative estimate of drug-likeness (QED) is 0.603. The Morgan fingerprint density at radius 2 is 1.95 bits per heavy atom. The van der Waals surface area contributed by atoms with Gasteiger partial charge >= 0.3 is 0 Å². The van der Waals surface area contributed by atoms with E-state index in [9.17, 15) is 10.1 Å². The van der Waals surface area contributed by atoms with Crippen LogP contribution in [0.15, 0.2) is 18.2 Å². The summed E-state index contributed by atoms with van der Waals surface area (Å²) < 4.78 is 5.92. The normalized spacial score (nSPS) is 26.4. The summed E-state index contributed by atoms with van der Waals surface area (Å²) >= 11 is 6.07. The summed E-state index contributed by atoms with van der Waals surface area (Å²) in [6, 6.07) is 4.47. The van der Waals surface area contributed by atoms with Crippen LogP contribution in [0.1, 0.15) is 38.7 Å². The molecular formula is C15H20ClNO3. The molecule has 2 atom stereocenters. The van der Waals surface area contributed by atoms with Gasteiger partial charge in [0.05, 0.1) is 17.6 Å². The van der Waals surface area contributed by atoms with E-state index in [0.717, 1.165) is 12.8 Å². The Balaban J connectivity index is 1.99. The Bertz CT molecular complexity index is 482. The second kappa shape index (κ2) is 6.55. The third kappa shape index (κ3) is 3.93. The maximum Gasteiger partial charge on any atom is 0.269 e. The highest BCUT2D eigenvalue weighted by molar-refractivity contribution is 6.31. The van der Waals surface area contributed by atoms with E-state index in [-0.39, 0.29) is 11.8 Å². The minimum atomic E-state index is -0.412. The lowest BCUT2D eigenvalue weighted by molar-refractivity contribution is -0.385. The Kier molecular flexibility index (Phi) is 5.00. The predicted molar refractivity (Wildman–Crippen MR) is 78.9 cm³/mol. The van der Waals surface area contributed by atoms with Crippen LogP contribution in [0.3, 0.4) is 0 Å². The molecule has 1 saturated carbocycles. The van der Waals surface area contributed by atoms with Crippen molar-refractivity contribution in [2.75, 3.05) is 0 Å². The summed E-state index contributed by atoms with van der Waals surface area (Å²) in [4.78, 5) is 10.4. The number of hydrogen-bond acceptors (Lipinski definition) is 3. The summed E-state index contributed by atoms with van der Waals surface area (Å²) in [6.07, 6.45) is 3.58. The van der Waals surface area contributed by atoms with Gasteiger partial charge in [-0.05, 0) is 37.2 Å². The van der Waals surface area contributed by atoms with Crippen LogP contribution >= 0.6 is 11.6 Å². The SMILES string of the molecule is CC1CC(C)CC(OCc2cc([N+](=O)[O-])ccc2Cl)C1. The molecule has 1 fully saturated rings. The van der Waals surface area contributed by atoms with Crippen molar-refractivity contribution in [1.82, 2.24) is 0 Å². The van der Waals surface area contributed by atoms with E-state index in [0.29, 0.717) is 29.0 Å². The summed E-state index contributed by atoms with van der Waals surface area (Å²) in [6.45, 7) is 4.82. The molecular weight excluding hydrogens is 278 g/mol. The number of non-ortho nitro benzene ring substituents is 1. The third-order valence-corrected chi connectivity index (χ3v) is 4.22. The molecule has 0 radical (unpaired) electrons. The summed E-state index contributed by atoms with van der Waals surface area (Å²) in [5, 5.41) is 11.3. The molecule has 0 bridgehead atoms. The minimum absolute atomic E-state index is 0.0541. The number of halogens is 1. The van der Waals surface area contributed by atoms with Gasteiger partial charge in [-0.15, -0.1) is 0 Å². The molecule has 2 unspecified atom stereocenters. The smallest absolute Gasteiger partial charge is 0.269 e. The largest absolute Gasteiger partial charge is 0.373 e. The highest BCUT2D eigenvalue weighted by Gasteiger charge is 2.24. The topological polar surface area (TPSA) is 52.4 Å². The fraction of sp³-hybridized carbons (Fsp3) is 0.600. The van der Waals surface area contributed by atoms with Crippen molar-refractivity contribution in [3.8, 4) is 0 Å². The molecule has 110 valence electrons. The van der Waals surface area contributed by atoms with E-state index in [2.05, 4.69) is 13.8 Å². The number of rotatable bonds is 4. The first-order chi connectivity index (χ1) is 9.45. The van der Waals surface area contributed by atoms with Crippen LogP contribution in [-0.4, -0.2) is 11.0 Å². The summed E-state index contributed by atoms with van der Waals surface area (Å²) in [7, 11) is 0. The van der Waals surface area contributed by atoms with Gasteiger partial charge < -0.3 is 4.74 Å². The van der Waals surface area contributed by atoms with Gasteiger partial charge in [0.2, 0.25) is 0 Å². The molecule has 1 aromatic carbocycles. The van der Waals surface area contributed by atoms with E-state index >= 15 is 0 Å². The Hall–Kier alpha value is -1.13. The first kappa shape index (κ1) is 15.3. The van der Waals surface area contributed by atoms with Crippen LogP contribution < -0.4 is 0 Å². The summed E-state index contributed by atoms with van der Waals surface area (Å²) in [5.41, 5.74) is 0.741. The molecule has 1 aliphatic rings. The molecule has 0 aromatic heterocycles. The lowest BCUT2D eigenvalue weighted by Crippen LogP contribution is -2.26. The maximum absolute atomic E-state index is 10.8. The van der Waals surface area contributed by atoms with Crippen molar-refractivity contribution in [3.63, 3.8) is 0 Å². The lowest BCUT2D eigenvalue weighted by Gasteiger charge is -2.31. The van der Waals surface area contributed by atoms with Gasteiger partial charge in [-0.1, -0.05) is 25.4 Å². The lowest BCUT2D eigenvalue weighted by atomic mass is 9.82. The van der Waals surface area contributed by atoms with Crippen LogP contribution in [0.4, 0.5) is 5.69 Å². The highest BCUT2D eigenvalue weighted by atomic mass is 35.5. The zero-order valence-electron chi connectivity index (χ0n) is 11.8. The van der Waals surface area contributed by atoms with Crippen LogP contribution in [-0.2, 0) is 11.3 Å².